The molecule has 2 heterocycles. The van der Waals surface area contributed by atoms with Crippen LogP contribution < -0.4 is 0 Å². The highest BCUT2D eigenvalue weighted by Gasteiger charge is 2.30. The molecule has 0 bridgehead atoms. The van der Waals surface area contributed by atoms with Crippen LogP contribution in [0.25, 0.3) is 0 Å². The maximum Gasteiger partial charge on any atom is 0.255 e. The first-order valence-corrected chi connectivity index (χ1v) is 11.5. The molecule has 2 aliphatic rings. The number of piperidine rings is 1. The molecule has 166 valence electrons. The number of carbonyl (C=O) groups is 1. The van der Waals surface area contributed by atoms with E-state index in [1.54, 1.807) is 24.3 Å². The van der Waals surface area contributed by atoms with Crippen molar-refractivity contribution in [3.05, 3.63) is 70.5 Å². The minimum atomic E-state index is -0.213. The van der Waals surface area contributed by atoms with E-state index >= 15 is 0 Å². The molecule has 0 unspecified atom stereocenters. The third-order valence-electron chi connectivity index (χ3n) is 6.44. The van der Waals surface area contributed by atoms with Gasteiger partial charge in [-0.3, -0.25) is 4.79 Å². The second-order valence-electron chi connectivity index (χ2n) is 8.77. The Bertz CT molecular complexity index is 868. The number of carbonyl (C=O) groups excluding carboxylic acids is 1. The van der Waals surface area contributed by atoms with E-state index in [4.69, 9.17) is 16.3 Å². The molecular formula is C25H30ClFN2O2. The Hall–Kier alpha value is -1.95. The van der Waals surface area contributed by atoms with Crippen molar-refractivity contribution in [1.29, 1.82) is 0 Å². The highest BCUT2D eigenvalue weighted by molar-refractivity contribution is 6.33. The number of hydrogen-bond acceptors (Lipinski definition) is 3. The summed E-state index contributed by atoms with van der Waals surface area (Å²) in [6.45, 7) is 6.13. The number of nitrogens with zero attached hydrogens (tertiary/aromatic N) is 2. The zero-order valence-corrected chi connectivity index (χ0v) is 18.6. The lowest BCUT2D eigenvalue weighted by atomic mass is 9.96. The maximum absolute atomic E-state index is 13.0. The van der Waals surface area contributed by atoms with Gasteiger partial charge in [0.15, 0.2) is 0 Å². The van der Waals surface area contributed by atoms with Crippen molar-refractivity contribution < 1.29 is 13.9 Å². The van der Waals surface area contributed by atoms with Crippen LogP contribution >= 0.6 is 11.6 Å². The van der Waals surface area contributed by atoms with Crippen molar-refractivity contribution in [2.75, 3.05) is 39.3 Å². The van der Waals surface area contributed by atoms with Gasteiger partial charge < -0.3 is 14.5 Å². The first kappa shape index (κ1) is 22.3. The molecule has 4 nitrogen and oxygen atoms in total. The van der Waals surface area contributed by atoms with Crippen LogP contribution in [0, 0.1) is 17.7 Å². The fraction of sp³-hybridized carbons (Fsp3) is 0.480. The van der Waals surface area contributed by atoms with Gasteiger partial charge in [0.2, 0.25) is 0 Å². The molecule has 2 aromatic rings. The van der Waals surface area contributed by atoms with Crippen LogP contribution in [0.5, 0.6) is 0 Å². The zero-order valence-electron chi connectivity index (χ0n) is 17.8. The Morgan fingerprint density at radius 2 is 1.71 bits per heavy atom. The van der Waals surface area contributed by atoms with Crippen molar-refractivity contribution in [1.82, 2.24) is 9.80 Å². The highest BCUT2D eigenvalue weighted by Crippen LogP contribution is 2.25. The van der Waals surface area contributed by atoms with Gasteiger partial charge in [0, 0.05) is 26.2 Å². The van der Waals surface area contributed by atoms with Crippen LogP contribution in [-0.4, -0.2) is 55.0 Å². The van der Waals surface area contributed by atoms with Crippen molar-refractivity contribution in [2.24, 2.45) is 11.8 Å². The number of halogens is 2. The average Bonchev–Trinajstić information content (AvgIpc) is 3.25. The monoisotopic (exact) mass is 444 g/mol. The fourth-order valence-electron chi connectivity index (χ4n) is 4.60. The van der Waals surface area contributed by atoms with Gasteiger partial charge in [-0.05, 0) is 74.0 Å². The predicted molar refractivity (Wildman–Crippen MR) is 121 cm³/mol. The molecule has 2 aliphatic heterocycles. The van der Waals surface area contributed by atoms with Crippen LogP contribution in [-0.2, 0) is 11.3 Å². The summed E-state index contributed by atoms with van der Waals surface area (Å²) in [7, 11) is 0. The Balaban J connectivity index is 1.15. The topological polar surface area (TPSA) is 32.8 Å². The molecule has 6 heteroatoms. The SMILES string of the molecule is O=C(c1ccccc1Cl)N1CC[C@H](CN2CCC(COCc3ccc(F)cc3)CC2)C1. The Labute approximate surface area is 188 Å². The first-order valence-electron chi connectivity index (χ1n) is 11.2. The molecule has 2 saturated heterocycles. The summed E-state index contributed by atoms with van der Waals surface area (Å²) in [5, 5.41) is 0.527. The van der Waals surface area contributed by atoms with Crippen molar-refractivity contribution in [3.8, 4) is 0 Å². The number of amides is 1. The average molecular weight is 445 g/mol. The van der Waals surface area contributed by atoms with E-state index in [0.717, 1.165) is 64.2 Å². The Morgan fingerprint density at radius 3 is 2.45 bits per heavy atom. The van der Waals surface area contributed by atoms with Crippen molar-refractivity contribution >= 4 is 17.5 Å². The van der Waals surface area contributed by atoms with Gasteiger partial charge in [0.25, 0.3) is 5.91 Å². The van der Waals surface area contributed by atoms with Gasteiger partial charge in [-0.15, -0.1) is 0 Å². The summed E-state index contributed by atoms with van der Waals surface area (Å²) in [5.41, 5.74) is 1.61. The molecule has 2 aromatic carbocycles. The van der Waals surface area contributed by atoms with Gasteiger partial charge >= 0.3 is 0 Å². The number of likely N-dealkylation sites (tertiary alicyclic amines) is 2. The Kier molecular flexibility index (Phi) is 7.59. The molecule has 0 N–H and O–H groups in total. The highest BCUT2D eigenvalue weighted by atomic mass is 35.5. The van der Waals surface area contributed by atoms with E-state index in [9.17, 15) is 9.18 Å². The summed E-state index contributed by atoms with van der Waals surface area (Å²) < 4.78 is 18.8. The van der Waals surface area contributed by atoms with E-state index in [-0.39, 0.29) is 11.7 Å². The lowest BCUT2D eigenvalue weighted by Gasteiger charge is -2.33. The van der Waals surface area contributed by atoms with Crippen LogP contribution in [0.4, 0.5) is 4.39 Å². The fourth-order valence-corrected chi connectivity index (χ4v) is 4.81. The summed E-state index contributed by atoms with van der Waals surface area (Å²) >= 11 is 6.20. The molecule has 2 fully saturated rings. The quantitative estimate of drug-likeness (QED) is 0.610. The maximum atomic E-state index is 13.0. The van der Waals surface area contributed by atoms with Crippen LogP contribution in [0.3, 0.4) is 0 Å². The molecule has 0 spiro atoms. The summed E-state index contributed by atoms with van der Waals surface area (Å²) in [6, 6.07) is 13.8. The molecular weight excluding hydrogens is 415 g/mol. The van der Waals surface area contributed by atoms with Gasteiger partial charge in [-0.2, -0.15) is 0 Å². The van der Waals surface area contributed by atoms with Crippen molar-refractivity contribution in [2.45, 2.75) is 25.9 Å². The lowest BCUT2D eigenvalue weighted by Crippen LogP contribution is -2.39. The van der Waals surface area contributed by atoms with Crippen LogP contribution in [0.1, 0.15) is 35.2 Å². The third kappa shape index (κ3) is 6.06. The summed E-state index contributed by atoms with van der Waals surface area (Å²) in [6.07, 6.45) is 3.33. The van der Waals surface area contributed by atoms with E-state index < -0.39 is 0 Å². The van der Waals surface area contributed by atoms with Crippen LogP contribution in [0.15, 0.2) is 48.5 Å². The van der Waals surface area contributed by atoms with E-state index in [1.807, 2.05) is 17.0 Å². The summed E-state index contributed by atoms with van der Waals surface area (Å²) in [5.74, 6) is 0.941. The van der Waals surface area contributed by atoms with Crippen molar-refractivity contribution in [3.63, 3.8) is 0 Å². The number of ether oxygens (including phenoxy) is 1. The minimum Gasteiger partial charge on any atom is -0.376 e. The molecule has 0 radical (unpaired) electrons. The molecule has 0 saturated carbocycles. The molecule has 1 amide bonds. The van der Waals surface area contributed by atoms with E-state index in [0.29, 0.717) is 29.0 Å². The van der Waals surface area contributed by atoms with Gasteiger partial charge in [0.1, 0.15) is 5.82 Å². The third-order valence-corrected chi connectivity index (χ3v) is 6.77. The number of benzene rings is 2. The van der Waals surface area contributed by atoms with E-state index in [2.05, 4.69) is 4.90 Å². The smallest absolute Gasteiger partial charge is 0.255 e. The Morgan fingerprint density at radius 1 is 1.00 bits per heavy atom. The molecule has 0 aliphatic carbocycles. The standard InChI is InChI=1S/C25H30ClFN2O2/c26-24-4-2-1-3-23(24)25(30)29-14-11-21(16-29)15-28-12-9-20(10-13-28)18-31-17-19-5-7-22(27)8-6-19/h1-8,20-21H,9-18H2/t21-/m1/s1. The van der Waals surface area contributed by atoms with Gasteiger partial charge in [-0.25, -0.2) is 4.39 Å². The zero-order chi connectivity index (χ0) is 21.6. The molecule has 1 atom stereocenters. The van der Waals surface area contributed by atoms with E-state index in [1.165, 1.54) is 12.1 Å². The predicted octanol–water partition coefficient (Wildman–Crippen LogP) is 4.87. The number of hydrogen-bond donors (Lipinski definition) is 0. The van der Waals surface area contributed by atoms with Gasteiger partial charge in [-0.1, -0.05) is 35.9 Å². The largest absolute Gasteiger partial charge is 0.376 e. The molecule has 31 heavy (non-hydrogen) atoms. The van der Waals surface area contributed by atoms with Gasteiger partial charge in [0.05, 0.1) is 17.2 Å². The summed E-state index contributed by atoms with van der Waals surface area (Å²) in [4.78, 5) is 17.2. The number of rotatable bonds is 7. The normalized spacial score (nSPS) is 20.3. The van der Waals surface area contributed by atoms with Crippen LogP contribution in [0.2, 0.25) is 5.02 Å². The minimum absolute atomic E-state index is 0.0464. The second kappa shape index (κ2) is 10.6. The lowest BCUT2D eigenvalue weighted by molar-refractivity contribution is 0.0543. The molecule has 0 aromatic heterocycles. The first-order chi connectivity index (χ1) is 15.1. The molecule has 4 rings (SSSR count). The second-order valence-corrected chi connectivity index (χ2v) is 9.18.